The second-order valence-electron chi connectivity index (χ2n) is 5.06. The fourth-order valence-electron chi connectivity index (χ4n) is 1.28. The first-order valence-corrected chi connectivity index (χ1v) is 6.42. The summed E-state index contributed by atoms with van der Waals surface area (Å²) in [6.07, 6.45) is 7.72. The van der Waals surface area contributed by atoms with Gasteiger partial charge in [-0.25, -0.2) is 0 Å². The highest BCUT2D eigenvalue weighted by atomic mass is 16.5. The fourth-order valence-corrected chi connectivity index (χ4v) is 1.28. The molecular weight excluding hydrogens is 196 g/mol. The van der Waals surface area contributed by atoms with Crippen LogP contribution >= 0.6 is 0 Å². The summed E-state index contributed by atoms with van der Waals surface area (Å²) in [6, 6.07) is 0. The summed E-state index contributed by atoms with van der Waals surface area (Å²) in [5.74, 6) is 1.35. The van der Waals surface area contributed by atoms with E-state index >= 15 is 0 Å². The lowest BCUT2D eigenvalue weighted by molar-refractivity contribution is 0.149. The van der Waals surface area contributed by atoms with Crippen molar-refractivity contribution < 1.29 is 4.74 Å². The van der Waals surface area contributed by atoms with E-state index in [1.54, 1.807) is 0 Å². The van der Waals surface area contributed by atoms with Gasteiger partial charge in [0.1, 0.15) is 0 Å². The van der Waals surface area contributed by atoms with E-state index in [4.69, 9.17) is 4.74 Å². The molecule has 1 atom stereocenters. The third kappa shape index (κ3) is 9.97. The van der Waals surface area contributed by atoms with Gasteiger partial charge in [-0.15, -0.1) is 6.58 Å². The van der Waals surface area contributed by atoms with Crippen LogP contribution in [0.15, 0.2) is 24.3 Å². The first kappa shape index (κ1) is 15.4. The molecule has 0 aliphatic heterocycles. The zero-order valence-corrected chi connectivity index (χ0v) is 11.5. The van der Waals surface area contributed by atoms with E-state index < -0.39 is 0 Å². The molecule has 94 valence electrons. The molecule has 1 heteroatoms. The normalized spacial score (nSPS) is 14.2. The Kier molecular flexibility index (Phi) is 9.31. The molecule has 0 heterocycles. The Bertz CT molecular complexity index is 203. The number of ether oxygens (including phenoxy) is 1. The summed E-state index contributed by atoms with van der Waals surface area (Å²) in [4.78, 5) is 0. The maximum Gasteiger partial charge on any atom is 0.0649 e. The summed E-state index contributed by atoms with van der Waals surface area (Å²) in [5, 5.41) is 0. The third-order valence-corrected chi connectivity index (χ3v) is 2.79. The average Bonchev–Trinajstić information content (AvgIpc) is 2.24. The Morgan fingerprint density at radius 1 is 1.25 bits per heavy atom. The van der Waals surface area contributed by atoms with Gasteiger partial charge in [-0.3, -0.25) is 0 Å². The number of allylic oxidation sites excluding steroid dienone is 2. The van der Waals surface area contributed by atoms with Gasteiger partial charge in [0.15, 0.2) is 0 Å². The molecule has 0 amide bonds. The minimum absolute atomic E-state index is 0.616. The van der Waals surface area contributed by atoms with Gasteiger partial charge in [0.25, 0.3) is 0 Å². The van der Waals surface area contributed by atoms with E-state index in [1.807, 2.05) is 6.08 Å². The number of rotatable bonds is 9. The zero-order valence-electron chi connectivity index (χ0n) is 11.5. The zero-order chi connectivity index (χ0) is 12.4. The quantitative estimate of drug-likeness (QED) is 0.411. The molecule has 0 radical (unpaired) electrons. The lowest BCUT2D eigenvalue weighted by atomic mass is 10.0. The molecule has 0 aromatic carbocycles. The number of hydrogen-bond donors (Lipinski definition) is 0. The van der Waals surface area contributed by atoms with E-state index in [9.17, 15) is 0 Å². The van der Waals surface area contributed by atoms with Gasteiger partial charge in [0, 0.05) is 6.61 Å². The Morgan fingerprint density at radius 2 is 1.94 bits per heavy atom. The molecule has 1 unspecified atom stereocenters. The lowest BCUT2D eigenvalue weighted by Gasteiger charge is -2.07. The molecule has 16 heavy (non-hydrogen) atoms. The van der Waals surface area contributed by atoms with Gasteiger partial charge >= 0.3 is 0 Å². The SMILES string of the molecule is C=CC(C)CCC(C)=CCOCCC(C)C. The first-order valence-electron chi connectivity index (χ1n) is 6.42. The molecule has 0 fully saturated rings. The highest BCUT2D eigenvalue weighted by Gasteiger charge is 1.97. The molecule has 0 rings (SSSR count). The van der Waals surface area contributed by atoms with Crippen molar-refractivity contribution in [2.75, 3.05) is 13.2 Å². The van der Waals surface area contributed by atoms with Crippen molar-refractivity contribution in [3.05, 3.63) is 24.3 Å². The molecule has 0 aliphatic rings. The summed E-state index contributed by atoms with van der Waals surface area (Å²) >= 11 is 0. The monoisotopic (exact) mass is 224 g/mol. The average molecular weight is 224 g/mol. The lowest BCUT2D eigenvalue weighted by Crippen LogP contribution is -1.99. The molecule has 0 aromatic rings. The van der Waals surface area contributed by atoms with Crippen LogP contribution in [-0.2, 0) is 4.74 Å². The van der Waals surface area contributed by atoms with Crippen LogP contribution < -0.4 is 0 Å². The Morgan fingerprint density at radius 3 is 2.50 bits per heavy atom. The summed E-state index contributed by atoms with van der Waals surface area (Å²) in [6.45, 7) is 14.3. The number of hydrogen-bond acceptors (Lipinski definition) is 1. The minimum Gasteiger partial charge on any atom is -0.377 e. The third-order valence-electron chi connectivity index (χ3n) is 2.79. The smallest absolute Gasteiger partial charge is 0.0649 e. The van der Waals surface area contributed by atoms with Gasteiger partial charge < -0.3 is 4.74 Å². The first-order chi connectivity index (χ1) is 7.56. The van der Waals surface area contributed by atoms with Crippen LogP contribution in [0.4, 0.5) is 0 Å². The predicted molar refractivity (Wildman–Crippen MR) is 72.6 cm³/mol. The van der Waals surface area contributed by atoms with E-state index in [0.717, 1.165) is 32.0 Å². The van der Waals surface area contributed by atoms with Crippen molar-refractivity contribution in [3.8, 4) is 0 Å². The highest BCUT2D eigenvalue weighted by molar-refractivity contribution is 4.98. The molecule has 0 N–H and O–H groups in total. The summed E-state index contributed by atoms with van der Waals surface area (Å²) < 4.78 is 5.55. The van der Waals surface area contributed by atoms with E-state index in [1.165, 1.54) is 12.0 Å². The van der Waals surface area contributed by atoms with Crippen LogP contribution in [0.5, 0.6) is 0 Å². The van der Waals surface area contributed by atoms with Crippen molar-refractivity contribution in [3.63, 3.8) is 0 Å². The molecule has 0 spiro atoms. The van der Waals surface area contributed by atoms with Crippen molar-refractivity contribution in [1.29, 1.82) is 0 Å². The van der Waals surface area contributed by atoms with Gasteiger partial charge in [-0.2, -0.15) is 0 Å². The maximum absolute atomic E-state index is 5.55. The predicted octanol–water partition coefficient (Wildman–Crippen LogP) is 4.60. The fraction of sp³-hybridized carbons (Fsp3) is 0.733. The van der Waals surface area contributed by atoms with Crippen molar-refractivity contribution in [2.24, 2.45) is 11.8 Å². The van der Waals surface area contributed by atoms with E-state index in [-0.39, 0.29) is 0 Å². The highest BCUT2D eigenvalue weighted by Crippen LogP contribution is 2.12. The van der Waals surface area contributed by atoms with Crippen LogP contribution in [0.3, 0.4) is 0 Å². The molecule has 1 nitrogen and oxygen atoms in total. The molecular formula is C15H28O. The Balaban J connectivity index is 3.51. The van der Waals surface area contributed by atoms with Crippen LogP contribution in [0.2, 0.25) is 0 Å². The van der Waals surface area contributed by atoms with Crippen molar-refractivity contribution >= 4 is 0 Å². The van der Waals surface area contributed by atoms with Crippen molar-refractivity contribution in [2.45, 2.75) is 47.0 Å². The largest absolute Gasteiger partial charge is 0.377 e. The molecule has 0 aromatic heterocycles. The van der Waals surface area contributed by atoms with Crippen LogP contribution in [-0.4, -0.2) is 13.2 Å². The van der Waals surface area contributed by atoms with E-state index in [0.29, 0.717) is 5.92 Å². The van der Waals surface area contributed by atoms with Gasteiger partial charge in [0.2, 0.25) is 0 Å². The maximum atomic E-state index is 5.55. The second kappa shape index (κ2) is 9.65. The molecule has 0 aliphatic carbocycles. The van der Waals surface area contributed by atoms with Crippen molar-refractivity contribution in [1.82, 2.24) is 0 Å². The van der Waals surface area contributed by atoms with Crippen LogP contribution in [0.1, 0.15) is 47.0 Å². The molecule has 0 bridgehead atoms. The molecule has 0 saturated heterocycles. The summed E-state index contributed by atoms with van der Waals surface area (Å²) in [5.41, 5.74) is 1.43. The van der Waals surface area contributed by atoms with E-state index in [2.05, 4.69) is 40.3 Å². The van der Waals surface area contributed by atoms with Gasteiger partial charge in [-0.05, 0) is 38.0 Å². The second-order valence-corrected chi connectivity index (χ2v) is 5.06. The standard InChI is InChI=1S/C15H28O/c1-6-14(4)7-8-15(5)10-12-16-11-9-13(2)3/h6,10,13-14H,1,7-9,11-12H2,2-5H3. The molecule has 0 saturated carbocycles. The topological polar surface area (TPSA) is 9.23 Å². The van der Waals surface area contributed by atoms with Gasteiger partial charge in [-0.1, -0.05) is 38.5 Å². The minimum atomic E-state index is 0.616. The Labute approximate surface area is 102 Å². The summed E-state index contributed by atoms with van der Waals surface area (Å²) in [7, 11) is 0. The van der Waals surface area contributed by atoms with Crippen LogP contribution in [0.25, 0.3) is 0 Å². The van der Waals surface area contributed by atoms with Crippen LogP contribution in [0, 0.1) is 11.8 Å². The Hall–Kier alpha value is -0.560. The van der Waals surface area contributed by atoms with Gasteiger partial charge in [0.05, 0.1) is 6.61 Å².